The molecule has 146 valence electrons. The Balaban J connectivity index is 1.54. The maximum absolute atomic E-state index is 12.9. The van der Waals surface area contributed by atoms with Crippen LogP contribution in [0.2, 0.25) is 0 Å². The van der Waals surface area contributed by atoms with Gasteiger partial charge in [0.25, 0.3) is 5.91 Å². The molecule has 1 saturated heterocycles. The van der Waals surface area contributed by atoms with Gasteiger partial charge in [-0.05, 0) is 55.5 Å². The summed E-state index contributed by atoms with van der Waals surface area (Å²) in [6.45, 7) is 2.47. The van der Waals surface area contributed by atoms with Gasteiger partial charge in [-0.25, -0.2) is 18.4 Å². The summed E-state index contributed by atoms with van der Waals surface area (Å²) in [6.07, 6.45) is 4.20. The number of nitrogens with one attached hydrogen (secondary N) is 1. The monoisotopic (exact) mass is 416 g/mol. The van der Waals surface area contributed by atoms with Crippen molar-refractivity contribution in [2.24, 2.45) is 0 Å². The van der Waals surface area contributed by atoms with Crippen LogP contribution in [-0.2, 0) is 10.0 Å². The van der Waals surface area contributed by atoms with E-state index in [4.69, 9.17) is 0 Å². The van der Waals surface area contributed by atoms with Crippen LogP contribution in [0.4, 0.5) is 5.82 Å². The van der Waals surface area contributed by atoms with Crippen LogP contribution in [0.5, 0.6) is 0 Å². The largest absolute Gasteiger partial charge is 0.306 e. The van der Waals surface area contributed by atoms with Gasteiger partial charge in [0.1, 0.15) is 17.0 Å². The standard InChI is InChI=1S/C19H20N4O3S2/c1-13-4-2-3-10-23(13)28(25,26)15-7-5-14(6-8-15)18(24)22-17-16-9-11-27-19(16)21-12-20-17/h5-9,11-13H,2-4,10H2,1H3,(H,20,21,22,24). The lowest BCUT2D eigenvalue weighted by Crippen LogP contribution is -2.41. The lowest BCUT2D eigenvalue weighted by atomic mass is 10.1. The van der Waals surface area contributed by atoms with Crippen molar-refractivity contribution in [1.82, 2.24) is 14.3 Å². The minimum Gasteiger partial charge on any atom is -0.306 e. The van der Waals surface area contributed by atoms with E-state index < -0.39 is 10.0 Å². The first-order chi connectivity index (χ1) is 13.5. The number of nitrogens with zero attached hydrogens (tertiary/aromatic N) is 3. The molecule has 1 aliphatic rings. The summed E-state index contributed by atoms with van der Waals surface area (Å²) < 4.78 is 27.3. The number of hydrogen-bond donors (Lipinski definition) is 1. The van der Waals surface area contributed by atoms with E-state index >= 15 is 0 Å². The normalized spacial score (nSPS) is 18.2. The number of aromatic nitrogens is 2. The molecule has 1 N–H and O–H groups in total. The fraction of sp³-hybridized carbons (Fsp3) is 0.316. The van der Waals surface area contributed by atoms with E-state index in [1.54, 1.807) is 4.31 Å². The molecule has 0 saturated carbocycles. The van der Waals surface area contributed by atoms with Crippen molar-refractivity contribution < 1.29 is 13.2 Å². The average Bonchev–Trinajstić information content (AvgIpc) is 3.18. The summed E-state index contributed by atoms with van der Waals surface area (Å²) in [5, 5.41) is 5.43. The molecular weight excluding hydrogens is 396 g/mol. The Morgan fingerprint density at radius 1 is 1.18 bits per heavy atom. The number of carbonyl (C=O) groups excluding carboxylic acids is 1. The number of rotatable bonds is 4. The Morgan fingerprint density at radius 2 is 1.96 bits per heavy atom. The smallest absolute Gasteiger partial charge is 0.256 e. The first-order valence-electron chi connectivity index (χ1n) is 9.08. The molecule has 9 heteroatoms. The molecule has 1 amide bonds. The molecule has 3 aromatic rings. The van der Waals surface area contributed by atoms with Gasteiger partial charge >= 0.3 is 0 Å². The van der Waals surface area contributed by atoms with Crippen LogP contribution in [0, 0.1) is 0 Å². The second kappa shape index (κ2) is 7.57. The topological polar surface area (TPSA) is 92.3 Å². The van der Waals surface area contributed by atoms with Gasteiger partial charge in [0.15, 0.2) is 0 Å². The van der Waals surface area contributed by atoms with E-state index in [0.29, 0.717) is 17.9 Å². The summed E-state index contributed by atoms with van der Waals surface area (Å²) in [6, 6.07) is 7.89. The van der Waals surface area contributed by atoms with E-state index in [0.717, 1.165) is 29.5 Å². The zero-order chi connectivity index (χ0) is 19.7. The first kappa shape index (κ1) is 19.0. The Bertz CT molecular complexity index is 1110. The predicted molar refractivity (Wildman–Crippen MR) is 109 cm³/mol. The van der Waals surface area contributed by atoms with Crippen LogP contribution in [-0.4, -0.2) is 41.2 Å². The molecule has 0 radical (unpaired) electrons. The van der Waals surface area contributed by atoms with Crippen LogP contribution in [0.25, 0.3) is 10.2 Å². The number of piperidine rings is 1. The summed E-state index contributed by atoms with van der Waals surface area (Å²) >= 11 is 1.47. The molecule has 4 rings (SSSR count). The number of fused-ring (bicyclic) bond motifs is 1. The van der Waals surface area contributed by atoms with Crippen LogP contribution in [0.1, 0.15) is 36.5 Å². The summed E-state index contributed by atoms with van der Waals surface area (Å²) in [7, 11) is -3.55. The lowest BCUT2D eigenvalue weighted by molar-refractivity contribution is 0.102. The van der Waals surface area contributed by atoms with Gasteiger partial charge in [-0.1, -0.05) is 6.42 Å². The third-order valence-corrected chi connectivity index (χ3v) is 7.81. The number of hydrogen-bond acceptors (Lipinski definition) is 6. The van der Waals surface area contributed by atoms with E-state index in [9.17, 15) is 13.2 Å². The molecular formula is C19H20N4O3S2. The second-order valence-corrected chi connectivity index (χ2v) is 9.59. The molecule has 2 aromatic heterocycles. The van der Waals surface area contributed by atoms with E-state index in [1.165, 1.54) is 41.9 Å². The second-order valence-electron chi connectivity index (χ2n) is 6.80. The minimum atomic E-state index is -3.55. The van der Waals surface area contributed by atoms with Crippen LogP contribution < -0.4 is 5.32 Å². The van der Waals surface area contributed by atoms with Gasteiger partial charge in [0.2, 0.25) is 10.0 Å². The zero-order valence-electron chi connectivity index (χ0n) is 15.3. The van der Waals surface area contributed by atoms with Gasteiger partial charge < -0.3 is 5.32 Å². The first-order valence-corrected chi connectivity index (χ1v) is 11.4. The van der Waals surface area contributed by atoms with Gasteiger partial charge in [-0.15, -0.1) is 11.3 Å². The van der Waals surface area contributed by atoms with Gasteiger partial charge in [0.05, 0.1) is 10.3 Å². The Morgan fingerprint density at radius 3 is 2.71 bits per heavy atom. The predicted octanol–water partition coefficient (Wildman–Crippen LogP) is 3.51. The highest BCUT2D eigenvalue weighted by atomic mass is 32.2. The Hall–Kier alpha value is -2.36. The highest BCUT2D eigenvalue weighted by Gasteiger charge is 2.30. The molecule has 1 aromatic carbocycles. The molecule has 28 heavy (non-hydrogen) atoms. The Labute approximate surface area is 167 Å². The number of benzene rings is 1. The van der Waals surface area contributed by atoms with Crippen molar-refractivity contribution in [2.75, 3.05) is 11.9 Å². The van der Waals surface area contributed by atoms with Crippen molar-refractivity contribution in [3.8, 4) is 0 Å². The molecule has 0 spiro atoms. The van der Waals surface area contributed by atoms with Gasteiger partial charge in [0, 0.05) is 18.2 Å². The van der Waals surface area contributed by atoms with Gasteiger partial charge in [-0.3, -0.25) is 4.79 Å². The minimum absolute atomic E-state index is 0.00694. The van der Waals surface area contributed by atoms with Crippen molar-refractivity contribution in [3.63, 3.8) is 0 Å². The number of anilines is 1. The Kier molecular flexibility index (Phi) is 5.13. The molecule has 7 nitrogen and oxygen atoms in total. The SMILES string of the molecule is CC1CCCCN1S(=O)(=O)c1ccc(C(=O)Nc2ncnc3sccc23)cc1. The summed E-state index contributed by atoms with van der Waals surface area (Å²) in [5.41, 5.74) is 0.368. The van der Waals surface area contributed by atoms with E-state index in [1.807, 2.05) is 18.4 Å². The van der Waals surface area contributed by atoms with E-state index in [2.05, 4.69) is 15.3 Å². The number of carbonyl (C=O) groups is 1. The summed E-state index contributed by atoms with van der Waals surface area (Å²) in [4.78, 5) is 21.9. The average molecular weight is 417 g/mol. The van der Waals surface area contributed by atoms with Crippen LogP contribution in [0.3, 0.4) is 0 Å². The number of thiophene rings is 1. The molecule has 1 atom stereocenters. The van der Waals surface area contributed by atoms with Crippen LogP contribution in [0.15, 0.2) is 46.9 Å². The maximum atomic E-state index is 12.9. The lowest BCUT2D eigenvalue weighted by Gasteiger charge is -2.32. The molecule has 1 unspecified atom stereocenters. The number of amides is 1. The molecule has 0 bridgehead atoms. The fourth-order valence-electron chi connectivity index (χ4n) is 3.41. The summed E-state index contributed by atoms with van der Waals surface area (Å²) in [5.74, 6) is 0.0941. The maximum Gasteiger partial charge on any atom is 0.256 e. The number of sulfonamides is 1. The van der Waals surface area contributed by atoms with E-state index in [-0.39, 0.29) is 16.8 Å². The molecule has 3 heterocycles. The molecule has 0 aliphatic carbocycles. The van der Waals surface area contributed by atoms with Crippen molar-refractivity contribution >= 4 is 43.3 Å². The molecule has 1 aliphatic heterocycles. The van der Waals surface area contributed by atoms with Crippen molar-refractivity contribution in [2.45, 2.75) is 37.1 Å². The van der Waals surface area contributed by atoms with Crippen molar-refractivity contribution in [1.29, 1.82) is 0 Å². The third kappa shape index (κ3) is 3.52. The van der Waals surface area contributed by atoms with Crippen LogP contribution >= 0.6 is 11.3 Å². The van der Waals surface area contributed by atoms with Crippen molar-refractivity contribution in [3.05, 3.63) is 47.6 Å². The molecule has 1 fully saturated rings. The highest BCUT2D eigenvalue weighted by Crippen LogP contribution is 2.26. The highest BCUT2D eigenvalue weighted by molar-refractivity contribution is 7.89. The third-order valence-electron chi connectivity index (χ3n) is 4.96. The quantitative estimate of drug-likeness (QED) is 0.703. The fourth-order valence-corrected chi connectivity index (χ4v) is 5.84. The zero-order valence-corrected chi connectivity index (χ0v) is 17.0. The van der Waals surface area contributed by atoms with Gasteiger partial charge in [-0.2, -0.15) is 4.31 Å².